The highest BCUT2D eigenvalue weighted by atomic mass is 19.1. The zero-order valence-corrected chi connectivity index (χ0v) is 9.13. The zero-order chi connectivity index (χ0) is 12.3. The lowest BCUT2D eigenvalue weighted by Crippen LogP contribution is -2.13. The van der Waals surface area contributed by atoms with Crippen LogP contribution in [-0.2, 0) is 0 Å². The van der Waals surface area contributed by atoms with Gasteiger partial charge in [0.2, 0.25) is 0 Å². The summed E-state index contributed by atoms with van der Waals surface area (Å²) >= 11 is 0. The molecule has 0 atom stereocenters. The van der Waals surface area contributed by atoms with Crippen molar-refractivity contribution in [1.82, 2.24) is 14.9 Å². The Morgan fingerprint density at radius 1 is 1.35 bits per heavy atom. The van der Waals surface area contributed by atoms with Crippen LogP contribution in [0, 0.1) is 12.7 Å². The number of aromatic nitrogens is 3. The van der Waals surface area contributed by atoms with Crippen molar-refractivity contribution in [3.63, 3.8) is 0 Å². The second kappa shape index (κ2) is 4.60. The standard InChI is InChI=1S/C10H11FN6/c1-7-14-16-10(17(7)12)15-13-6-8-2-4-9(11)5-3-8/h2-6H,12H2,1H3,(H,15,16)/b13-6+. The summed E-state index contributed by atoms with van der Waals surface area (Å²) < 4.78 is 13.9. The smallest absolute Gasteiger partial charge is 0.263 e. The minimum absolute atomic E-state index is 0.285. The molecule has 88 valence electrons. The molecule has 0 aliphatic carbocycles. The first-order valence-corrected chi connectivity index (χ1v) is 4.88. The molecule has 17 heavy (non-hydrogen) atoms. The van der Waals surface area contributed by atoms with E-state index in [2.05, 4.69) is 20.7 Å². The molecule has 0 unspecified atom stereocenters. The van der Waals surface area contributed by atoms with Gasteiger partial charge in [0.05, 0.1) is 6.21 Å². The lowest BCUT2D eigenvalue weighted by molar-refractivity contribution is 0.628. The predicted molar refractivity (Wildman–Crippen MR) is 62.5 cm³/mol. The lowest BCUT2D eigenvalue weighted by Gasteiger charge is -1.99. The van der Waals surface area contributed by atoms with Gasteiger partial charge in [0.25, 0.3) is 5.95 Å². The summed E-state index contributed by atoms with van der Waals surface area (Å²) in [7, 11) is 0. The molecule has 0 saturated carbocycles. The normalized spacial score (nSPS) is 10.9. The summed E-state index contributed by atoms with van der Waals surface area (Å²) in [5.74, 6) is 6.23. The van der Waals surface area contributed by atoms with Gasteiger partial charge in [-0.1, -0.05) is 12.1 Å². The van der Waals surface area contributed by atoms with Crippen molar-refractivity contribution in [1.29, 1.82) is 0 Å². The number of hydrogen-bond acceptors (Lipinski definition) is 5. The van der Waals surface area contributed by atoms with Gasteiger partial charge in [-0.2, -0.15) is 5.10 Å². The Hall–Kier alpha value is -2.44. The summed E-state index contributed by atoms with van der Waals surface area (Å²) in [4.78, 5) is 0. The quantitative estimate of drug-likeness (QED) is 0.469. The summed E-state index contributed by atoms with van der Waals surface area (Å²) in [6, 6.07) is 5.94. The summed E-state index contributed by atoms with van der Waals surface area (Å²) in [5.41, 5.74) is 3.40. The zero-order valence-electron chi connectivity index (χ0n) is 9.13. The Bertz CT molecular complexity index is 530. The molecule has 0 bridgehead atoms. The molecule has 0 spiro atoms. The highest BCUT2D eigenvalue weighted by molar-refractivity contribution is 5.79. The molecule has 7 heteroatoms. The average Bonchev–Trinajstić information content (AvgIpc) is 2.64. The highest BCUT2D eigenvalue weighted by Gasteiger charge is 2.02. The molecular formula is C10H11FN6. The van der Waals surface area contributed by atoms with E-state index in [4.69, 9.17) is 5.84 Å². The third-order valence-electron chi connectivity index (χ3n) is 2.11. The molecule has 0 aliphatic rings. The van der Waals surface area contributed by atoms with Gasteiger partial charge in [-0.05, 0) is 24.6 Å². The first-order chi connectivity index (χ1) is 8.16. The number of halogens is 1. The molecule has 1 aromatic heterocycles. The van der Waals surface area contributed by atoms with Crippen molar-refractivity contribution in [3.05, 3.63) is 41.5 Å². The molecule has 0 saturated heterocycles. The van der Waals surface area contributed by atoms with Gasteiger partial charge < -0.3 is 5.84 Å². The Balaban J connectivity index is 2.03. The van der Waals surface area contributed by atoms with Gasteiger partial charge in [-0.3, -0.25) is 0 Å². The molecule has 0 radical (unpaired) electrons. The first kappa shape index (κ1) is 11.1. The SMILES string of the molecule is Cc1nnc(N/N=C/c2ccc(F)cc2)n1N. The molecule has 0 fully saturated rings. The number of aryl methyl sites for hydroxylation is 1. The minimum Gasteiger partial charge on any atom is -0.335 e. The van der Waals surface area contributed by atoms with Crippen LogP contribution in [0.5, 0.6) is 0 Å². The summed E-state index contributed by atoms with van der Waals surface area (Å²) in [5, 5.41) is 11.4. The summed E-state index contributed by atoms with van der Waals surface area (Å²) in [6.07, 6.45) is 1.53. The van der Waals surface area contributed by atoms with Crippen molar-refractivity contribution in [3.8, 4) is 0 Å². The molecule has 2 rings (SSSR count). The second-order valence-corrected chi connectivity index (χ2v) is 3.36. The third kappa shape index (κ3) is 2.57. The predicted octanol–water partition coefficient (Wildman–Crippen LogP) is 0.885. The number of benzene rings is 1. The Morgan fingerprint density at radius 2 is 2.06 bits per heavy atom. The van der Waals surface area contributed by atoms with Crippen LogP contribution in [0.3, 0.4) is 0 Å². The fourth-order valence-electron chi connectivity index (χ4n) is 1.16. The van der Waals surface area contributed by atoms with E-state index >= 15 is 0 Å². The van der Waals surface area contributed by atoms with Crippen LogP contribution in [0.2, 0.25) is 0 Å². The van der Waals surface area contributed by atoms with E-state index < -0.39 is 0 Å². The third-order valence-corrected chi connectivity index (χ3v) is 2.11. The number of hydrazone groups is 1. The fourth-order valence-corrected chi connectivity index (χ4v) is 1.16. The molecule has 1 aromatic carbocycles. The van der Waals surface area contributed by atoms with Crippen LogP contribution in [0.15, 0.2) is 29.4 Å². The number of nitrogens with one attached hydrogen (secondary N) is 1. The molecule has 0 aliphatic heterocycles. The largest absolute Gasteiger partial charge is 0.335 e. The van der Waals surface area contributed by atoms with E-state index in [1.165, 1.54) is 23.0 Å². The lowest BCUT2D eigenvalue weighted by atomic mass is 10.2. The Morgan fingerprint density at radius 3 is 2.65 bits per heavy atom. The van der Waals surface area contributed by atoms with Crippen LogP contribution < -0.4 is 11.3 Å². The van der Waals surface area contributed by atoms with Gasteiger partial charge >= 0.3 is 0 Å². The van der Waals surface area contributed by atoms with Crippen LogP contribution in [0.25, 0.3) is 0 Å². The second-order valence-electron chi connectivity index (χ2n) is 3.36. The van der Waals surface area contributed by atoms with E-state index in [9.17, 15) is 4.39 Å². The maximum atomic E-state index is 12.6. The molecule has 3 N–H and O–H groups in total. The number of nitrogens with two attached hydrogens (primary N) is 1. The average molecular weight is 234 g/mol. The first-order valence-electron chi connectivity index (χ1n) is 4.88. The van der Waals surface area contributed by atoms with Crippen molar-refractivity contribution in [2.24, 2.45) is 5.10 Å². The fraction of sp³-hybridized carbons (Fsp3) is 0.100. The van der Waals surface area contributed by atoms with Crippen LogP contribution in [-0.4, -0.2) is 21.1 Å². The van der Waals surface area contributed by atoms with Gasteiger partial charge in [0, 0.05) is 0 Å². The maximum Gasteiger partial charge on any atom is 0.263 e. The van der Waals surface area contributed by atoms with Crippen LogP contribution in [0.4, 0.5) is 10.3 Å². The number of rotatable bonds is 3. The number of hydrogen-bond donors (Lipinski definition) is 2. The van der Waals surface area contributed by atoms with Gasteiger partial charge in [-0.15, -0.1) is 10.2 Å². The molecule has 2 aromatic rings. The molecule has 0 amide bonds. The van der Waals surface area contributed by atoms with E-state index in [0.29, 0.717) is 11.8 Å². The Labute approximate surface area is 96.9 Å². The van der Waals surface area contributed by atoms with Gasteiger partial charge in [-0.25, -0.2) is 14.5 Å². The van der Waals surface area contributed by atoms with Crippen LogP contribution in [0.1, 0.15) is 11.4 Å². The molecule has 6 nitrogen and oxygen atoms in total. The van der Waals surface area contributed by atoms with E-state index in [1.807, 2.05) is 0 Å². The van der Waals surface area contributed by atoms with E-state index in [0.717, 1.165) is 5.56 Å². The number of anilines is 1. The van der Waals surface area contributed by atoms with Crippen LogP contribution >= 0.6 is 0 Å². The number of nitrogen functional groups attached to an aromatic ring is 1. The number of nitrogens with zero attached hydrogens (tertiary/aromatic N) is 4. The van der Waals surface area contributed by atoms with Crippen molar-refractivity contribution >= 4 is 12.2 Å². The van der Waals surface area contributed by atoms with Crippen molar-refractivity contribution < 1.29 is 4.39 Å². The van der Waals surface area contributed by atoms with Gasteiger partial charge in [0.1, 0.15) is 5.82 Å². The van der Waals surface area contributed by atoms with Crippen molar-refractivity contribution in [2.75, 3.05) is 11.3 Å². The molecule has 1 heterocycles. The van der Waals surface area contributed by atoms with E-state index in [1.54, 1.807) is 19.1 Å². The maximum absolute atomic E-state index is 12.6. The van der Waals surface area contributed by atoms with E-state index in [-0.39, 0.29) is 5.82 Å². The monoisotopic (exact) mass is 234 g/mol. The minimum atomic E-state index is -0.285. The Kier molecular flexibility index (Phi) is 2.99. The topological polar surface area (TPSA) is 81.1 Å². The molecular weight excluding hydrogens is 223 g/mol. The van der Waals surface area contributed by atoms with Gasteiger partial charge in [0.15, 0.2) is 5.82 Å². The highest BCUT2D eigenvalue weighted by Crippen LogP contribution is 2.02. The summed E-state index contributed by atoms with van der Waals surface area (Å²) in [6.45, 7) is 1.72. The van der Waals surface area contributed by atoms with Crippen molar-refractivity contribution in [2.45, 2.75) is 6.92 Å².